The third-order valence-corrected chi connectivity index (χ3v) is 4.08. The lowest BCUT2D eigenvalue weighted by Crippen LogP contribution is -2.27. The molecule has 2 aromatic carbocycles. The first-order valence-corrected chi connectivity index (χ1v) is 8.60. The van der Waals surface area contributed by atoms with Gasteiger partial charge in [0.05, 0.1) is 0 Å². The van der Waals surface area contributed by atoms with E-state index in [4.69, 9.17) is 23.2 Å². The maximum atomic E-state index is 12.8. The molecular formula is C19H16Cl2N4O. The number of nitrogens with one attached hydrogen (secondary N) is 1. The van der Waals surface area contributed by atoms with Crippen molar-refractivity contribution in [3.63, 3.8) is 0 Å². The Morgan fingerprint density at radius 3 is 2.31 bits per heavy atom. The van der Waals surface area contributed by atoms with Crippen molar-refractivity contribution in [3.05, 3.63) is 76.0 Å². The van der Waals surface area contributed by atoms with Gasteiger partial charge in [0.25, 0.3) is 5.91 Å². The number of benzene rings is 2. The molecule has 0 aliphatic rings. The third kappa shape index (κ3) is 4.31. The second kappa shape index (κ2) is 7.72. The fourth-order valence-electron chi connectivity index (χ4n) is 2.43. The summed E-state index contributed by atoms with van der Waals surface area (Å²) >= 11 is 12.0. The van der Waals surface area contributed by atoms with Crippen LogP contribution in [0.5, 0.6) is 0 Å². The second-order valence-electron chi connectivity index (χ2n) is 5.70. The first-order valence-electron chi connectivity index (χ1n) is 7.84. The van der Waals surface area contributed by atoms with E-state index >= 15 is 0 Å². The number of halogens is 2. The molecule has 0 saturated carbocycles. The molecule has 3 aromatic rings. The fourth-order valence-corrected chi connectivity index (χ4v) is 2.96. The quantitative estimate of drug-likeness (QED) is 0.676. The number of carbonyl (C=O) groups excluding carboxylic acids is 1. The van der Waals surface area contributed by atoms with Gasteiger partial charge < -0.3 is 10.2 Å². The summed E-state index contributed by atoms with van der Waals surface area (Å²) in [7, 11) is 1.71. The number of hydrogen-bond donors (Lipinski definition) is 1. The Bertz CT molecular complexity index is 927. The molecule has 7 heteroatoms. The lowest BCUT2D eigenvalue weighted by atomic mass is 10.2. The average molecular weight is 387 g/mol. The molecule has 0 aliphatic heterocycles. The van der Waals surface area contributed by atoms with E-state index in [0.717, 1.165) is 5.69 Å². The van der Waals surface area contributed by atoms with Gasteiger partial charge in [-0.25, -0.2) is 9.97 Å². The molecule has 1 N–H and O–H groups in total. The summed E-state index contributed by atoms with van der Waals surface area (Å²) in [6, 6.07) is 16.1. The molecule has 0 bridgehead atoms. The number of hydrogen-bond acceptors (Lipinski definition) is 4. The molecule has 0 radical (unpaired) electrons. The van der Waals surface area contributed by atoms with Gasteiger partial charge in [-0.15, -0.1) is 0 Å². The molecular weight excluding hydrogens is 371 g/mol. The molecule has 0 atom stereocenters. The number of carbonyl (C=O) groups is 1. The summed E-state index contributed by atoms with van der Waals surface area (Å²) in [4.78, 5) is 23.0. The summed E-state index contributed by atoms with van der Waals surface area (Å²) in [5.41, 5.74) is 2.38. The second-order valence-corrected chi connectivity index (χ2v) is 6.57. The van der Waals surface area contributed by atoms with Gasteiger partial charge in [0.2, 0.25) is 5.95 Å². The van der Waals surface area contributed by atoms with Crippen molar-refractivity contribution in [2.24, 2.45) is 0 Å². The lowest BCUT2D eigenvalue weighted by molar-refractivity contribution is 0.0988. The molecule has 132 valence electrons. The zero-order valence-electron chi connectivity index (χ0n) is 14.2. The van der Waals surface area contributed by atoms with Crippen molar-refractivity contribution >= 4 is 46.4 Å². The van der Waals surface area contributed by atoms with Gasteiger partial charge in [0, 0.05) is 34.2 Å². The number of nitrogens with zero attached hydrogens (tertiary/aromatic N) is 3. The van der Waals surface area contributed by atoms with Crippen LogP contribution >= 0.6 is 23.2 Å². The normalized spacial score (nSPS) is 10.5. The predicted octanol–water partition coefficient (Wildman–Crippen LogP) is 5.11. The predicted molar refractivity (Wildman–Crippen MR) is 106 cm³/mol. The number of anilines is 3. The van der Waals surface area contributed by atoms with Gasteiger partial charge >= 0.3 is 0 Å². The van der Waals surface area contributed by atoms with Gasteiger partial charge in [-0.1, -0.05) is 41.4 Å². The SMILES string of the molecule is Cc1cc(C(=O)N(C)c2ccccc2)nc(Nc2cc(Cl)cc(Cl)c2)n1. The Labute approximate surface area is 161 Å². The maximum absolute atomic E-state index is 12.8. The molecule has 0 spiro atoms. The molecule has 5 nitrogen and oxygen atoms in total. The molecule has 0 unspecified atom stereocenters. The Morgan fingerprint density at radius 2 is 1.65 bits per heavy atom. The summed E-state index contributed by atoms with van der Waals surface area (Å²) in [5, 5.41) is 4.03. The minimum absolute atomic E-state index is 0.228. The van der Waals surface area contributed by atoms with E-state index in [1.54, 1.807) is 43.1 Å². The van der Waals surface area contributed by atoms with Gasteiger partial charge in [-0.05, 0) is 43.3 Å². The van der Waals surface area contributed by atoms with E-state index in [-0.39, 0.29) is 5.91 Å². The van der Waals surface area contributed by atoms with Crippen LogP contribution in [-0.2, 0) is 0 Å². The van der Waals surface area contributed by atoms with Crippen LogP contribution in [0.2, 0.25) is 10.0 Å². The number of rotatable bonds is 4. The largest absolute Gasteiger partial charge is 0.324 e. The smallest absolute Gasteiger partial charge is 0.276 e. The van der Waals surface area contributed by atoms with Crippen molar-refractivity contribution in [2.45, 2.75) is 6.92 Å². The van der Waals surface area contributed by atoms with E-state index in [1.165, 1.54) is 0 Å². The Kier molecular flexibility index (Phi) is 5.40. The van der Waals surface area contributed by atoms with Crippen molar-refractivity contribution in [2.75, 3.05) is 17.3 Å². The first-order chi connectivity index (χ1) is 12.4. The molecule has 0 fully saturated rings. The van der Waals surface area contributed by atoms with Crippen LogP contribution in [0.15, 0.2) is 54.6 Å². The summed E-state index contributed by atoms with van der Waals surface area (Å²) in [5.74, 6) is 0.0713. The van der Waals surface area contributed by atoms with E-state index in [0.29, 0.717) is 33.1 Å². The van der Waals surface area contributed by atoms with Crippen LogP contribution in [0.25, 0.3) is 0 Å². The molecule has 0 aliphatic carbocycles. The number of amides is 1. The van der Waals surface area contributed by atoms with Crippen molar-refractivity contribution in [1.29, 1.82) is 0 Å². The van der Waals surface area contributed by atoms with Gasteiger partial charge in [0.1, 0.15) is 5.69 Å². The van der Waals surface area contributed by atoms with Crippen LogP contribution in [0, 0.1) is 6.92 Å². The van der Waals surface area contributed by atoms with Crippen molar-refractivity contribution < 1.29 is 4.79 Å². The molecule has 0 saturated heterocycles. The Hall–Kier alpha value is -2.63. The fraction of sp³-hybridized carbons (Fsp3) is 0.105. The van der Waals surface area contributed by atoms with Gasteiger partial charge in [-0.3, -0.25) is 4.79 Å². The van der Waals surface area contributed by atoms with E-state index in [2.05, 4.69) is 15.3 Å². The average Bonchev–Trinajstić information content (AvgIpc) is 2.60. The summed E-state index contributed by atoms with van der Waals surface area (Å²) in [6.07, 6.45) is 0. The van der Waals surface area contributed by atoms with Crippen LogP contribution in [0.3, 0.4) is 0 Å². The van der Waals surface area contributed by atoms with Crippen LogP contribution in [-0.4, -0.2) is 22.9 Å². The van der Waals surface area contributed by atoms with Crippen molar-refractivity contribution in [1.82, 2.24) is 9.97 Å². The Balaban J connectivity index is 1.88. The van der Waals surface area contributed by atoms with Crippen LogP contribution < -0.4 is 10.2 Å². The molecule has 1 heterocycles. The zero-order chi connectivity index (χ0) is 18.7. The van der Waals surface area contributed by atoms with Gasteiger partial charge in [0.15, 0.2) is 0 Å². The van der Waals surface area contributed by atoms with Crippen molar-refractivity contribution in [3.8, 4) is 0 Å². The highest BCUT2D eigenvalue weighted by atomic mass is 35.5. The molecule has 1 amide bonds. The van der Waals surface area contributed by atoms with E-state index in [9.17, 15) is 4.79 Å². The topological polar surface area (TPSA) is 58.1 Å². The van der Waals surface area contributed by atoms with E-state index < -0.39 is 0 Å². The maximum Gasteiger partial charge on any atom is 0.276 e. The standard InChI is InChI=1S/C19H16Cl2N4O/c1-12-8-17(18(26)25(2)16-6-4-3-5-7-16)24-19(22-12)23-15-10-13(20)9-14(21)11-15/h3-11H,1-2H3,(H,22,23,24). The highest BCUT2D eigenvalue weighted by molar-refractivity contribution is 6.35. The third-order valence-electron chi connectivity index (χ3n) is 3.64. The molecule has 26 heavy (non-hydrogen) atoms. The molecule has 3 rings (SSSR count). The first kappa shape index (κ1) is 18.2. The summed E-state index contributed by atoms with van der Waals surface area (Å²) < 4.78 is 0. The monoisotopic (exact) mass is 386 g/mol. The number of para-hydroxylation sites is 1. The van der Waals surface area contributed by atoms with Gasteiger partial charge in [-0.2, -0.15) is 0 Å². The number of aromatic nitrogens is 2. The Morgan fingerprint density at radius 1 is 1.00 bits per heavy atom. The molecule has 1 aromatic heterocycles. The highest BCUT2D eigenvalue weighted by Gasteiger charge is 2.16. The summed E-state index contributed by atoms with van der Waals surface area (Å²) in [6.45, 7) is 1.80. The minimum Gasteiger partial charge on any atom is -0.324 e. The van der Waals surface area contributed by atoms with E-state index in [1.807, 2.05) is 30.3 Å². The highest BCUT2D eigenvalue weighted by Crippen LogP contribution is 2.24. The number of aryl methyl sites for hydroxylation is 1. The zero-order valence-corrected chi connectivity index (χ0v) is 15.7. The minimum atomic E-state index is -0.228. The lowest BCUT2D eigenvalue weighted by Gasteiger charge is -2.17. The van der Waals surface area contributed by atoms with Crippen LogP contribution in [0.4, 0.5) is 17.3 Å². The van der Waals surface area contributed by atoms with Crippen LogP contribution in [0.1, 0.15) is 16.2 Å².